The zero-order valence-corrected chi connectivity index (χ0v) is 7.75. The summed E-state index contributed by atoms with van der Waals surface area (Å²) >= 11 is 0.713. The molecule has 0 amide bonds. The highest BCUT2D eigenvalue weighted by atomic mass is 32.1. The molecule has 1 nitrogen and oxygen atoms in total. The van der Waals surface area contributed by atoms with Crippen LogP contribution in [-0.4, -0.2) is 0 Å². The minimum atomic E-state index is -4.27. The second kappa shape index (κ2) is 2.88. The molecule has 5 heteroatoms. The van der Waals surface area contributed by atoms with Crippen molar-refractivity contribution < 1.29 is 13.2 Å². The number of nitrogens with two attached hydrogens (primary N) is 1. The molecular weight excluding hydrogens is 211 g/mol. The maximum absolute atomic E-state index is 12.3. The number of benzene rings is 1. The highest BCUT2D eigenvalue weighted by Gasteiger charge is 2.32. The Hall–Kier alpha value is -1.23. The topological polar surface area (TPSA) is 26.0 Å². The van der Waals surface area contributed by atoms with Crippen LogP contribution in [0, 0.1) is 0 Å². The Bertz CT molecular complexity index is 472. The second-order valence-electron chi connectivity index (χ2n) is 2.91. The van der Waals surface area contributed by atoms with Crippen LogP contribution < -0.4 is 5.73 Å². The van der Waals surface area contributed by atoms with E-state index in [0.29, 0.717) is 27.1 Å². The molecule has 0 spiro atoms. The Morgan fingerprint density at radius 2 is 1.86 bits per heavy atom. The zero-order valence-electron chi connectivity index (χ0n) is 6.93. The van der Waals surface area contributed by atoms with Gasteiger partial charge >= 0.3 is 6.18 Å². The molecule has 2 N–H and O–H groups in total. The molecular formula is C9H6F3NS. The fourth-order valence-corrected chi connectivity index (χ4v) is 2.17. The van der Waals surface area contributed by atoms with Crippen molar-refractivity contribution in [2.24, 2.45) is 0 Å². The summed E-state index contributed by atoms with van der Waals surface area (Å²) in [5.74, 6) is 0. The fourth-order valence-electron chi connectivity index (χ4n) is 1.19. The standard InChI is InChI=1S/C9H6F3NS/c10-9(11,12)8-3-5-1-2-6(13)4-7(5)14-8/h1-4H,13H2. The summed E-state index contributed by atoms with van der Waals surface area (Å²) in [6.45, 7) is 0. The monoisotopic (exact) mass is 217 g/mol. The molecule has 2 aromatic rings. The maximum atomic E-state index is 12.3. The number of hydrogen-bond donors (Lipinski definition) is 1. The van der Waals surface area contributed by atoms with Gasteiger partial charge in [0.25, 0.3) is 0 Å². The van der Waals surface area contributed by atoms with Gasteiger partial charge in [-0.25, -0.2) is 0 Å². The van der Waals surface area contributed by atoms with Gasteiger partial charge in [0.05, 0.1) is 0 Å². The van der Waals surface area contributed by atoms with Crippen LogP contribution in [0.3, 0.4) is 0 Å². The van der Waals surface area contributed by atoms with Gasteiger partial charge in [0.15, 0.2) is 0 Å². The number of anilines is 1. The third kappa shape index (κ3) is 1.55. The molecule has 74 valence electrons. The number of nitrogen functional groups attached to an aromatic ring is 1. The minimum Gasteiger partial charge on any atom is -0.399 e. The normalized spacial score (nSPS) is 12.2. The Morgan fingerprint density at radius 1 is 1.14 bits per heavy atom. The first-order valence-electron chi connectivity index (χ1n) is 3.83. The predicted octanol–water partition coefficient (Wildman–Crippen LogP) is 3.50. The summed E-state index contributed by atoms with van der Waals surface area (Å²) in [6, 6.07) is 5.88. The molecule has 2 rings (SSSR count). The molecule has 1 heterocycles. The molecule has 0 unspecified atom stereocenters. The summed E-state index contributed by atoms with van der Waals surface area (Å²) in [4.78, 5) is -0.585. The molecule has 0 atom stereocenters. The van der Waals surface area contributed by atoms with Crippen LogP contribution in [0.2, 0.25) is 0 Å². The van der Waals surface area contributed by atoms with Crippen LogP contribution in [0.4, 0.5) is 18.9 Å². The van der Waals surface area contributed by atoms with Crippen LogP contribution >= 0.6 is 11.3 Å². The van der Waals surface area contributed by atoms with Gasteiger partial charge in [-0.1, -0.05) is 6.07 Å². The summed E-state index contributed by atoms with van der Waals surface area (Å²) in [5.41, 5.74) is 5.95. The molecule has 0 radical (unpaired) electrons. The highest BCUT2D eigenvalue weighted by Crippen LogP contribution is 2.38. The quantitative estimate of drug-likeness (QED) is 0.671. The molecule has 0 bridgehead atoms. The number of hydrogen-bond acceptors (Lipinski definition) is 2. The van der Waals surface area contributed by atoms with Crippen molar-refractivity contribution in [3.05, 3.63) is 29.1 Å². The van der Waals surface area contributed by atoms with E-state index in [1.54, 1.807) is 18.2 Å². The lowest BCUT2D eigenvalue weighted by atomic mass is 10.2. The molecule has 0 aliphatic rings. The largest absolute Gasteiger partial charge is 0.425 e. The van der Waals surface area contributed by atoms with Gasteiger partial charge < -0.3 is 5.73 Å². The lowest BCUT2D eigenvalue weighted by molar-refractivity contribution is -0.134. The number of alkyl halides is 3. The average Bonchev–Trinajstić information content (AvgIpc) is 2.45. The smallest absolute Gasteiger partial charge is 0.399 e. The molecule has 14 heavy (non-hydrogen) atoms. The van der Waals surface area contributed by atoms with Crippen molar-refractivity contribution in [2.75, 3.05) is 5.73 Å². The van der Waals surface area contributed by atoms with Crippen LogP contribution in [0.5, 0.6) is 0 Å². The van der Waals surface area contributed by atoms with E-state index in [-0.39, 0.29) is 0 Å². The summed E-state index contributed by atoms with van der Waals surface area (Å²) in [6.07, 6.45) is -4.27. The van der Waals surface area contributed by atoms with Gasteiger partial charge in [0.1, 0.15) is 4.88 Å². The Morgan fingerprint density at radius 3 is 2.50 bits per heavy atom. The number of halogens is 3. The van der Waals surface area contributed by atoms with Gasteiger partial charge in [-0.05, 0) is 23.6 Å². The van der Waals surface area contributed by atoms with Crippen molar-refractivity contribution in [3.63, 3.8) is 0 Å². The van der Waals surface area contributed by atoms with Crippen molar-refractivity contribution >= 4 is 27.1 Å². The molecule has 0 saturated carbocycles. The first kappa shape index (κ1) is 9.33. The van der Waals surface area contributed by atoms with Crippen LogP contribution in [0.1, 0.15) is 4.88 Å². The first-order valence-corrected chi connectivity index (χ1v) is 4.65. The Labute approximate surface area is 82.0 Å². The fraction of sp³-hybridized carbons (Fsp3) is 0.111. The van der Waals surface area contributed by atoms with Crippen LogP contribution in [0.15, 0.2) is 24.3 Å². The lowest BCUT2D eigenvalue weighted by Gasteiger charge is -1.99. The number of thiophene rings is 1. The van der Waals surface area contributed by atoms with E-state index >= 15 is 0 Å². The summed E-state index contributed by atoms with van der Waals surface area (Å²) in [7, 11) is 0. The Kier molecular flexibility index (Phi) is 1.92. The van der Waals surface area contributed by atoms with Crippen molar-refractivity contribution in [1.82, 2.24) is 0 Å². The minimum absolute atomic E-state index is 0.480. The lowest BCUT2D eigenvalue weighted by Crippen LogP contribution is -2.00. The van der Waals surface area contributed by atoms with Crippen LogP contribution in [-0.2, 0) is 6.18 Å². The van der Waals surface area contributed by atoms with E-state index in [9.17, 15) is 13.2 Å². The summed E-state index contributed by atoms with van der Waals surface area (Å²) in [5, 5.41) is 0.580. The van der Waals surface area contributed by atoms with E-state index < -0.39 is 11.1 Å². The third-order valence-electron chi connectivity index (χ3n) is 1.82. The van der Waals surface area contributed by atoms with E-state index in [4.69, 9.17) is 5.73 Å². The predicted molar refractivity (Wildman–Crippen MR) is 51.2 cm³/mol. The van der Waals surface area contributed by atoms with Crippen LogP contribution in [0.25, 0.3) is 10.1 Å². The molecule has 1 aromatic carbocycles. The summed E-state index contributed by atoms with van der Waals surface area (Å²) < 4.78 is 37.5. The van der Waals surface area contributed by atoms with Gasteiger partial charge in [0, 0.05) is 10.4 Å². The SMILES string of the molecule is Nc1ccc2cc(C(F)(F)F)sc2c1. The van der Waals surface area contributed by atoms with E-state index in [2.05, 4.69) is 0 Å². The first-order chi connectivity index (χ1) is 6.47. The van der Waals surface area contributed by atoms with Gasteiger partial charge in [0.2, 0.25) is 0 Å². The Balaban J connectivity index is 2.63. The van der Waals surface area contributed by atoms with Crippen molar-refractivity contribution in [2.45, 2.75) is 6.18 Å². The molecule has 0 aliphatic heterocycles. The van der Waals surface area contributed by atoms with Crippen molar-refractivity contribution in [3.8, 4) is 0 Å². The van der Waals surface area contributed by atoms with Gasteiger partial charge in [-0.15, -0.1) is 11.3 Å². The second-order valence-corrected chi connectivity index (χ2v) is 3.99. The van der Waals surface area contributed by atoms with E-state index in [1.165, 1.54) is 0 Å². The number of fused-ring (bicyclic) bond motifs is 1. The van der Waals surface area contributed by atoms with Crippen molar-refractivity contribution in [1.29, 1.82) is 0 Å². The molecule has 0 aliphatic carbocycles. The van der Waals surface area contributed by atoms with Gasteiger partial charge in [-0.3, -0.25) is 0 Å². The van der Waals surface area contributed by atoms with E-state index in [1.807, 2.05) is 0 Å². The zero-order chi connectivity index (χ0) is 10.3. The molecule has 1 aromatic heterocycles. The van der Waals surface area contributed by atoms with Gasteiger partial charge in [-0.2, -0.15) is 13.2 Å². The molecule has 0 saturated heterocycles. The van der Waals surface area contributed by atoms with E-state index in [0.717, 1.165) is 6.07 Å². The number of rotatable bonds is 0. The molecule has 0 fully saturated rings. The third-order valence-corrected chi connectivity index (χ3v) is 2.97. The highest BCUT2D eigenvalue weighted by molar-refractivity contribution is 7.19. The maximum Gasteiger partial charge on any atom is 0.425 e. The average molecular weight is 217 g/mol.